The van der Waals surface area contributed by atoms with Crippen LogP contribution in [0.25, 0.3) is 10.4 Å². The van der Waals surface area contributed by atoms with Crippen LogP contribution in [-0.2, 0) is 13.0 Å². The van der Waals surface area contributed by atoms with Gasteiger partial charge in [0.15, 0.2) is 0 Å². The number of nitrogens with one attached hydrogen (secondary N) is 4. The fourth-order valence-corrected chi connectivity index (χ4v) is 4.82. The highest BCUT2D eigenvalue weighted by atomic mass is 32.1. The van der Waals surface area contributed by atoms with Crippen LogP contribution < -0.4 is 16.0 Å². The molecule has 4 N–H and O–H groups in total. The van der Waals surface area contributed by atoms with Gasteiger partial charge in [-0.2, -0.15) is 5.10 Å². The summed E-state index contributed by atoms with van der Waals surface area (Å²) in [5, 5.41) is 17.2. The van der Waals surface area contributed by atoms with Crippen LogP contribution in [0.2, 0.25) is 0 Å². The van der Waals surface area contributed by atoms with Crippen molar-refractivity contribution in [3.8, 4) is 10.4 Å². The normalized spacial score (nSPS) is 21.5. The molecule has 2 aliphatic heterocycles. The topological polar surface area (TPSA) is 81.8 Å². The minimum Gasteiger partial charge on any atom is -0.363 e. The molecule has 1 amide bonds. The summed E-state index contributed by atoms with van der Waals surface area (Å²) in [5.74, 6) is -0.0122. The van der Waals surface area contributed by atoms with Crippen molar-refractivity contribution >= 4 is 22.9 Å². The molecule has 0 bridgehead atoms. The molecule has 2 unspecified atom stereocenters. The van der Waals surface area contributed by atoms with Gasteiger partial charge >= 0.3 is 0 Å². The van der Waals surface area contributed by atoms with Gasteiger partial charge < -0.3 is 16.0 Å². The number of aromatic nitrogens is 2. The second kappa shape index (κ2) is 5.96. The van der Waals surface area contributed by atoms with E-state index in [9.17, 15) is 4.79 Å². The van der Waals surface area contributed by atoms with E-state index < -0.39 is 0 Å². The highest BCUT2D eigenvalue weighted by Crippen LogP contribution is 2.37. The van der Waals surface area contributed by atoms with Gasteiger partial charge in [0.2, 0.25) is 0 Å². The summed E-state index contributed by atoms with van der Waals surface area (Å²) in [6.07, 6.45) is 2.57. The molecule has 2 aromatic heterocycles. The Morgan fingerprint density at radius 3 is 2.85 bits per heavy atom. The maximum Gasteiger partial charge on any atom is 0.265 e. The standard InChI is InChI=1S/C19H19N5OS/c1-10-13(9-21-24-10)16-7-14-17(26-16)19(25)23-18(22-14)15-6-11-4-2-3-5-12(11)8-20-15/h2-5,7,9,15,18,20,22H,6,8H2,1H3,(H,21,24)(H,23,25). The van der Waals surface area contributed by atoms with Crippen molar-refractivity contribution in [2.24, 2.45) is 0 Å². The molecule has 6 nitrogen and oxygen atoms in total. The minimum absolute atomic E-state index is 0.0122. The molecule has 0 saturated heterocycles. The summed E-state index contributed by atoms with van der Waals surface area (Å²) < 4.78 is 0. The molecule has 4 heterocycles. The summed E-state index contributed by atoms with van der Waals surface area (Å²) in [7, 11) is 0. The predicted octanol–water partition coefficient (Wildman–Crippen LogP) is 2.64. The second-order valence-electron chi connectivity index (χ2n) is 6.82. The van der Waals surface area contributed by atoms with Crippen molar-refractivity contribution in [1.82, 2.24) is 20.8 Å². The van der Waals surface area contributed by atoms with Crippen LogP contribution in [-0.4, -0.2) is 28.3 Å². The van der Waals surface area contributed by atoms with Gasteiger partial charge in [-0.15, -0.1) is 11.3 Å². The molecule has 3 aromatic rings. The number of aromatic amines is 1. The molecule has 2 aliphatic rings. The number of aryl methyl sites for hydroxylation is 1. The summed E-state index contributed by atoms with van der Waals surface area (Å²) in [4.78, 5) is 14.4. The summed E-state index contributed by atoms with van der Waals surface area (Å²) in [5.41, 5.74) is 5.63. The van der Waals surface area contributed by atoms with Gasteiger partial charge in [0, 0.05) is 22.7 Å². The highest BCUT2D eigenvalue weighted by molar-refractivity contribution is 7.18. The SMILES string of the molecule is Cc1[nH]ncc1-c1cc2c(s1)C(=O)NC(C1Cc3ccccc3CN1)N2. The van der Waals surface area contributed by atoms with Crippen LogP contribution in [0.1, 0.15) is 26.5 Å². The molecular formula is C19H19N5OS. The zero-order chi connectivity index (χ0) is 17.7. The Labute approximate surface area is 155 Å². The number of carbonyl (C=O) groups excluding carboxylic acids is 1. The molecule has 0 aliphatic carbocycles. The molecule has 0 fully saturated rings. The van der Waals surface area contributed by atoms with Crippen LogP contribution in [0, 0.1) is 6.92 Å². The van der Waals surface area contributed by atoms with Crippen molar-refractivity contribution in [1.29, 1.82) is 0 Å². The third-order valence-corrected chi connectivity index (χ3v) is 6.31. The number of rotatable bonds is 2. The molecular weight excluding hydrogens is 346 g/mol. The van der Waals surface area contributed by atoms with Gasteiger partial charge in [0.1, 0.15) is 11.0 Å². The van der Waals surface area contributed by atoms with E-state index in [0.29, 0.717) is 0 Å². The Hall–Kier alpha value is -2.64. The molecule has 26 heavy (non-hydrogen) atoms. The quantitative estimate of drug-likeness (QED) is 0.563. The zero-order valence-electron chi connectivity index (χ0n) is 14.3. The summed E-state index contributed by atoms with van der Waals surface area (Å²) >= 11 is 1.50. The Morgan fingerprint density at radius 1 is 1.19 bits per heavy atom. The number of H-pyrrole nitrogens is 1. The van der Waals surface area contributed by atoms with E-state index >= 15 is 0 Å². The van der Waals surface area contributed by atoms with Crippen molar-refractivity contribution in [3.63, 3.8) is 0 Å². The number of nitrogens with zero attached hydrogens (tertiary/aromatic N) is 1. The second-order valence-corrected chi connectivity index (χ2v) is 7.87. The van der Waals surface area contributed by atoms with Crippen LogP contribution in [0.15, 0.2) is 36.5 Å². The number of carbonyl (C=O) groups is 1. The lowest BCUT2D eigenvalue weighted by Gasteiger charge is -2.36. The fourth-order valence-electron chi connectivity index (χ4n) is 3.73. The molecule has 7 heteroatoms. The first-order valence-electron chi connectivity index (χ1n) is 8.71. The minimum atomic E-state index is -0.128. The van der Waals surface area contributed by atoms with E-state index in [4.69, 9.17) is 0 Å². The first-order chi connectivity index (χ1) is 12.7. The van der Waals surface area contributed by atoms with Crippen LogP contribution >= 0.6 is 11.3 Å². The number of benzene rings is 1. The van der Waals surface area contributed by atoms with Gasteiger partial charge in [0.05, 0.1) is 17.9 Å². The molecule has 0 saturated carbocycles. The largest absolute Gasteiger partial charge is 0.363 e. The van der Waals surface area contributed by atoms with Crippen LogP contribution in [0.4, 0.5) is 5.69 Å². The third-order valence-electron chi connectivity index (χ3n) is 5.15. The molecule has 5 rings (SSSR count). The number of hydrogen-bond acceptors (Lipinski definition) is 5. The average Bonchev–Trinajstić information content (AvgIpc) is 3.27. The summed E-state index contributed by atoms with van der Waals surface area (Å²) in [6.45, 7) is 2.81. The monoisotopic (exact) mass is 365 g/mol. The number of anilines is 1. The van der Waals surface area contributed by atoms with E-state index in [2.05, 4.69) is 56.5 Å². The third kappa shape index (κ3) is 2.51. The average molecular weight is 365 g/mol. The molecule has 2 atom stereocenters. The summed E-state index contributed by atoms with van der Waals surface area (Å²) in [6, 6.07) is 10.7. The van der Waals surface area contributed by atoms with Gasteiger partial charge in [-0.25, -0.2) is 0 Å². The lowest BCUT2D eigenvalue weighted by molar-refractivity contribution is 0.0930. The van der Waals surface area contributed by atoms with Gasteiger partial charge in [-0.05, 0) is 30.5 Å². The molecule has 1 aromatic carbocycles. The molecule has 132 valence electrons. The lowest BCUT2D eigenvalue weighted by atomic mass is 9.94. The van der Waals surface area contributed by atoms with E-state index in [1.807, 2.05) is 13.1 Å². The maximum atomic E-state index is 12.7. The molecule has 0 spiro atoms. The number of fused-ring (bicyclic) bond motifs is 2. The predicted molar refractivity (Wildman–Crippen MR) is 102 cm³/mol. The van der Waals surface area contributed by atoms with Crippen molar-refractivity contribution in [3.05, 3.63) is 58.2 Å². The molecule has 0 radical (unpaired) electrons. The fraction of sp³-hybridized carbons (Fsp3) is 0.263. The van der Waals surface area contributed by atoms with Gasteiger partial charge in [-0.3, -0.25) is 9.89 Å². The number of amides is 1. The first kappa shape index (κ1) is 15.6. The Bertz CT molecular complexity index is 991. The maximum absolute atomic E-state index is 12.7. The van der Waals surface area contributed by atoms with Gasteiger partial charge in [-0.1, -0.05) is 24.3 Å². The van der Waals surface area contributed by atoms with E-state index in [1.54, 1.807) is 0 Å². The Balaban J connectivity index is 1.41. The Morgan fingerprint density at radius 2 is 2.04 bits per heavy atom. The van der Waals surface area contributed by atoms with E-state index in [1.165, 1.54) is 22.5 Å². The van der Waals surface area contributed by atoms with Crippen molar-refractivity contribution in [2.75, 3.05) is 5.32 Å². The number of hydrogen-bond donors (Lipinski definition) is 4. The Kier molecular flexibility index (Phi) is 3.58. The van der Waals surface area contributed by atoms with Crippen LogP contribution in [0.3, 0.4) is 0 Å². The zero-order valence-corrected chi connectivity index (χ0v) is 15.1. The van der Waals surface area contributed by atoms with Gasteiger partial charge in [0.25, 0.3) is 5.91 Å². The van der Waals surface area contributed by atoms with E-state index in [-0.39, 0.29) is 18.1 Å². The van der Waals surface area contributed by atoms with Crippen LogP contribution in [0.5, 0.6) is 0 Å². The first-order valence-corrected chi connectivity index (χ1v) is 9.52. The lowest BCUT2D eigenvalue weighted by Crippen LogP contribution is -2.58. The number of thiophene rings is 1. The highest BCUT2D eigenvalue weighted by Gasteiger charge is 2.33. The van der Waals surface area contributed by atoms with Crippen molar-refractivity contribution < 1.29 is 4.79 Å². The van der Waals surface area contributed by atoms with Crippen molar-refractivity contribution in [2.45, 2.75) is 32.1 Å². The van der Waals surface area contributed by atoms with E-state index in [0.717, 1.165) is 39.7 Å². The smallest absolute Gasteiger partial charge is 0.265 e.